The Kier molecular flexibility index (Phi) is 7.60. The smallest absolute Gasteiger partial charge is 0.259 e. The average Bonchev–Trinajstić information content (AvgIpc) is 3.21. The molecule has 35 heavy (non-hydrogen) atoms. The maximum atomic E-state index is 13.6. The lowest BCUT2D eigenvalue weighted by Crippen LogP contribution is -2.27. The molecule has 1 heterocycles. The Morgan fingerprint density at radius 3 is 2.57 bits per heavy atom. The number of thiophene rings is 1. The van der Waals surface area contributed by atoms with Crippen LogP contribution in [0.2, 0.25) is 0 Å². The van der Waals surface area contributed by atoms with E-state index in [4.69, 9.17) is 14.5 Å². The molecule has 184 valence electrons. The predicted molar refractivity (Wildman–Crippen MR) is 145 cm³/mol. The zero-order valence-corrected chi connectivity index (χ0v) is 22.0. The summed E-state index contributed by atoms with van der Waals surface area (Å²) in [6, 6.07) is 15.3. The van der Waals surface area contributed by atoms with Gasteiger partial charge in [-0.2, -0.15) is 0 Å². The molecule has 4 rings (SSSR count). The summed E-state index contributed by atoms with van der Waals surface area (Å²) in [5.74, 6) is 1.85. The number of nitrogens with one attached hydrogen (secondary N) is 1. The van der Waals surface area contributed by atoms with Crippen LogP contribution in [0.15, 0.2) is 53.5 Å². The number of carbonyl (C=O) groups is 1. The topological polar surface area (TPSA) is 59.9 Å². The standard InChI is InChI=1S/C29H34N2O3S/c1-6-34-23-13-9-7-11-19(23)18-30-28-26(27(32)31-22-12-8-10-14-24(22)33-5)21-16-15-20(29(2,3)4)17-25(21)35-28/h7-14,18,20H,6,15-17H2,1-5H3,(H,31,32)/b30-18-. The second-order valence-corrected chi connectivity index (χ2v) is 11.0. The highest BCUT2D eigenvalue weighted by atomic mass is 32.1. The largest absolute Gasteiger partial charge is 0.495 e. The lowest BCUT2D eigenvalue weighted by atomic mass is 9.72. The van der Waals surface area contributed by atoms with Gasteiger partial charge in [-0.3, -0.25) is 4.79 Å². The van der Waals surface area contributed by atoms with Crippen LogP contribution < -0.4 is 14.8 Å². The van der Waals surface area contributed by atoms with Crippen molar-refractivity contribution in [2.24, 2.45) is 16.3 Å². The number of hydrogen-bond donors (Lipinski definition) is 1. The number of rotatable bonds is 7. The quantitative estimate of drug-likeness (QED) is 0.353. The molecule has 1 atom stereocenters. The molecule has 0 saturated carbocycles. The monoisotopic (exact) mass is 490 g/mol. The Labute approximate surface area is 212 Å². The van der Waals surface area contributed by atoms with E-state index in [0.717, 1.165) is 41.1 Å². The first kappa shape index (κ1) is 25.0. The molecule has 2 aromatic carbocycles. The third-order valence-corrected chi connectivity index (χ3v) is 7.76. The summed E-state index contributed by atoms with van der Waals surface area (Å²) in [7, 11) is 1.61. The van der Waals surface area contributed by atoms with Gasteiger partial charge in [-0.1, -0.05) is 45.0 Å². The Morgan fingerprint density at radius 2 is 1.86 bits per heavy atom. The average molecular weight is 491 g/mol. The van der Waals surface area contributed by atoms with Crippen LogP contribution in [0.25, 0.3) is 0 Å². The summed E-state index contributed by atoms with van der Waals surface area (Å²) in [5, 5.41) is 3.81. The number of hydrogen-bond acceptors (Lipinski definition) is 5. The molecule has 0 spiro atoms. The van der Waals surface area contributed by atoms with Crippen molar-refractivity contribution in [1.82, 2.24) is 0 Å². The van der Waals surface area contributed by atoms with E-state index in [1.807, 2.05) is 61.7 Å². The number of anilines is 1. The summed E-state index contributed by atoms with van der Waals surface area (Å²) < 4.78 is 11.2. The minimum Gasteiger partial charge on any atom is -0.495 e. The first-order valence-electron chi connectivity index (χ1n) is 12.2. The molecule has 1 amide bonds. The summed E-state index contributed by atoms with van der Waals surface area (Å²) in [6.45, 7) is 9.45. The van der Waals surface area contributed by atoms with Gasteiger partial charge in [0.2, 0.25) is 0 Å². The number of carbonyl (C=O) groups excluding carboxylic acids is 1. The fourth-order valence-corrected chi connectivity index (χ4v) is 5.84. The van der Waals surface area contributed by atoms with E-state index in [2.05, 4.69) is 26.1 Å². The van der Waals surface area contributed by atoms with Crippen LogP contribution in [-0.2, 0) is 12.8 Å². The molecule has 0 saturated heterocycles. The Hall–Kier alpha value is -3.12. The van der Waals surface area contributed by atoms with Gasteiger partial charge in [0.15, 0.2) is 0 Å². The maximum Gasteiger partial charge on any atom is 0.259 e. The number of aliphatic imine (C=N–C) groups is 1. The zero-order chi connectivity index (χ0) is 25.0. The van der Waals surface area contributed by atoms with E-state index in [-0.39, 0.29) is 11.3 Å². The van der Waals surface area contributed by atoms with Crippen molar-refractivity contribution in [3.05, 3.63) is 70.1 Å². The number of fused-ring (bicyclic) bond motifs is 1. The number of nitrogens with zero attached hydrogens (tertiary/aromatic N) is 1. The van der Waals surface area contributed by atoms with Crippen LogP contribution in [0, 0.1) is 11.3 Å². The maximum absolute atomic E-state index is 13.6. The lowest BCUT2D eigenvalue weighted by Gasteiger charge is -2.33. The SMILES string of the molecule is CCOc1ccccc1/C=N\c1sc2c(c1C(=O)Nc1ccccc1OC)CCC(C(C)(C)C)C2. The molecule has 0 radical (unpaired) electrons. The third-order valence-electron chi connectivity index (χ3n) is 6.59. The highest BCUT2D eigenvalue weighted by Crippen LogP contribution is 2.45. The number of para-hydroxylation sites is 3. The third kappa shape index (κ3) is 5.59. The van der Waals surface area contributed by atoms with Gasteiger partial charge in [0.1, 0.15) is 16.5 Å². The fraction of sp³-hybridized carbons (Fsp3) is 0.379. The molecule has 1 aromatic heterocycles. The van der Waals surface area contributed by atoms with Crippen LogP contribution in [0.4, 0.5) is 10.7 Å². The van der Waals surface area contributed by atoms with Crippen LogP contribution >= 0.6 is 11.3 Å². The summed E-state index contributed by atoms with van der Waals surface area (Å²) in [5.41, 5.74) is 3.58. The van der Waals surface area contributed by atoms with Gasteiger partial charge >= 0.3 is 0 Å². The normalized spacial score (nSPS) is 15.6. The van der Waals surface area contributed by atoms with Gasteiger partial charge in [0.05, 0.1) is 25.0 Å². The number of methoxy groups -OCH3 is 1. The molecule has 1 aliphatic rings. The van der Waals surface area contributed by atoms with Crippen molar-refractivity contribution in [3.8, 4) is 11.5 Å². The summed E-state index contributed by atoms with van der Waals surface area (Å²) >= 11 is 1.64. The van der Waals surface area contributed by atoms with Crippen LogP contribution in [0.5, 0.6) is 11.5 Å². The van der Waals surface area contributed by atoms with Crippen molar-refractivity contribution >= 4 is 34.1 Å². The van der Waals surface area contributed by atoms with E-state index in [1.54, 1.807) is 18.4 Å². The van der Waals surface area contributed by atoms with E-state index in [0.29, 0.717) is 29.5 Å². The van der Waals surface area contributed by atoms with Crippen molar-refractivity contribution in [3.63, 3.8) is 0 Å². The number of benzene rings is 2. The second-order valence-electron chi connectivity index (χ2n) is 9.87. The highest BCUT2D eigenvalue weighted by Gasteiger charge is 2.33. The lowest BCUT2D eigenvalue weighted by molar-refractivity contribution is 0.102. The predicted octanol–water partition coefficient (Wildman–Crippen LogP) is 7.31. The summed E-state index contributed by atoms with van der Waals surface area (Å²) in [4.78, 5) is 19.7. The van der Waals surface area contributed by atoms with Gasteiger partial charge < -0.3 is 14.8 Å². The fourth-order valence-electron chi connectivity index (χ4n) is 4.57. The molecule has 0 bridgehead atoms. The molecule has 1 aliphatic carbocycles. The van der Waals surface area contributed by atoms with Crippen molar-refractivity contribution < 1.29 is 14.3 Å². The minimum absolute atomic E-state index is 0.147. The number of amides is 1. The minimum atomic E-state index is -0.147. The molecule has 1 unspecified atom stereocenters. The molecule has 1 N–H and O–H groups in total. The molecular formula is C29H34N2O3S. The molecule has 5 nitrogen and oxygen atoms in total. The van der Waals surface area contributed by atoms with E-state index in [1.165, 1.54) is 4.88 Å². The Morgan fingerprint density at radius 1 is 1.14 bits per heavy atom. The van der Waals surface area contributed by atoms with Crippen molar-refractivity contribution in [2.75, 3.05) is 19.0 Å². The number of ether oxygens (including phenoxy) is 2. The van der Waals surface area contributed by atoms with Gasteiger partial charge in [-0.25, -0.2) is 4.99 Å². The van der Waals surface area contributed by atoms with E-state index < -0.39 is 0 Å². The highest BCUT2D eigenvalue weighted by molar-refractivity contribution is 7.16. The first-order chi connectivity index (χ1) is 16.8. The first-order valence-corrected chi connectivity index (χ1v) is 13.0. The molecule has 3 aromatic rings. The Balaban J connectivity index is 1.73. The molecule has 0 fully saturated rings. The van der Waals surface area contributed by atoms with E-state index >= 15 is 0 Å². The van der Waals surface area contributed by atoms with Crippen molar-refractivity contribution in [1.29, 1.82) is 0 Å². The van der Waals surface area contributed by atoms with Crippen LogP contribution in [-0.4, -0.2) is 25.8 Å². The molecular weight excluding hydrogens is 456 g/mol. The second kappa shape index (κ2) is 10.6. The van der Waals surface area contributed by atoms with Gasteiger partial charge in [-0.15, -0.1) is 11.3 Å². The van der Waals surface area contributed by atoms with Crippen molar-refractivity contribution in [2.45, 2.75) is 47.0 Å². The van der Waals surface area contributed by atoms with Crippen LogP contribution in [0.1, 0.15) is 60.5 Å². The van der Waals surface area contributed by atoms with Gasteiger partial charge in [-0.05, 0) is 67.3 Å². The zero-order valence-electron chi connectivity index (χ0n) is 21.2. The van der Waals surface area contributed by atoms with Gasteiger partial charge in [0, 0.05) is 16.7 Å². The Bertz CT molecular complexity index is 1220. The summed E-state index contributed by atoms with van der Waals surface area (Å²) in [6.07, 6.45) is 4.74. The van der Waals surface area contributed by atoms with Gasteiger partial charge in [0.25, 0.3) is 5.91 Å². The molecule has 0 aliphatic heterocycles. The van der Waals surface area contributed by atoms with Crippen LogP contribution in [0.3, 0.4) is 0 Å². The van der Waals surface area contributed by atoms with E-state index in [9.17, 15) is 4.79 Å². The molecule has 6 heteroatoms.